The van der Waals surface area contributed by atoms with Gasteiger partial charge in [-0.3, -0.25) is 4.79 Å². The van der Waals surface area contributed by atoms with Gasteiger partial charge in [-0.25, -0.2) is 9.97 Å². The van der Waals surface area contributed by atoms with Crippen LogP contribution in [0.25, 0.3) is 0 Å². The van der Waals surface area contributed by atoms with E-state index in [1.54, 1.807) is 18.5 Å². The van der Waals surface area contributed by atoms with Gasteiger partial charge in [0.2, 0.25) is 5.91 Å². The molecule has 0 atom stereocenters. The van der Waals surface area contributed by atoms with Crippen molar-refractivity contribution in [3.63, 3.8) is 0 Å². The Morgan fingerprint density at radius 1 is 1.47 bits per heavy atom. The molecule has 0 saturated heterocycles. The number of carbonyl (C=O) groups excluding carboxylic acids is 1. The van der Waals surface area contributed by atoms with E-state index in [0.29, 0.717) is 10.9 Å². The second kappa shape index (κ2) is 7.23. The molecular weight excluding hydrogens is 210 g/mol. The number of carbonyl (C=O) groups is 1. The highest BCUT2D eigenvalue weighted by molar-refractivity contribution is 7.99. The standard InChI is InChI=1S/C10H15N3OS/c1-2-3-5-11-9(14)8-15-10-12-6-4-7-13-10/h4,6-7H,2-3,5,8H2,1H3,(H,11,14). The van der Waals surface area contributed by atoms with Crippen LogP contribution in [0, 0.1) is 0 Å². The van der Waals surface area contributed by atoms with Crippen LogP contribution in [0.5, 0.6) is 0 Å². The summed E-state index contributed by atoms with van der Waals surface area (Å²) in [6.07, 6.45) is 5.46. The number of nitrogens with one attached hydrogen (secondary N) is 1. The summed E-state index contributed by atoms with van der Waals surface area (Å²) < 4.78 is 0. The average Bonchev–Trinajstić information content (AvgIpc) is 2.28. The van der Waals surface area contributed by atoms with Crippen LogP contribution in [0.3, 0.4) is 0 Å². The maximum absolute atomic E-state index is 11.3. The van der Waals surface area contributed by atoms with Crippen molar-refractivity contribution in [3.8, 4) is 0 Å². The lowest BCUT2D eigenvalue weighted by Gasteiger charge is -2.02. The van der Waals surface area contributed by atoms with Crippen molar-refractivity contribution in [2.24, 2.45) is 0 Å². The van der Waals surface area contributed by atoms with Gasteiger partial charge in [0.25, 0.3) is 0 Å². The summed E-state index contributed by atoms with van der Waals surface area (Å²) in [7, 11) is 0. The molecule has 5 heteroatoms. The molecular formula is C10H15N3OS. The first-order valence-corrected chi connectivity index (χ1v) is 5.98. The van der Waals surface area contributed by atoms with Crippen molar-refractivity contribution in [1.82, 2.24) is 15.3 Å². The molecule has 0 fully saturated rings. The van der Waals surface area contributed by atoms with Crippen LogP contribution in [-0.2, 0) is 4.79 Å². The molecule has 1 rings (SSSR count). The summed E-state index contributed by atoms with van der Waals surface area (Å²) >= 11 is 1.35. The Balaban J connectivity index is 2.17. The molecule has 1 heterocycles. The quantitative estimate of drug-likeness (QED) is 0.453. The molecule has 0 saturated carbocycles. The van der Waals surface area contributed by atoms with Gasteiger partial charge in [-0.1, -0.05) is 25.1 Å². The van der Waals surface area contributed by atoms with Crippen LogP contribution in [0.2, 0.25) is 0 Å². The van der Waals surface area contributed by atoms with Crippen LogP contribution in [0.4, 0.5) is 0 Å². The normalized spacial score (nSPS) is 9.93. The third-order valence-electron chi connectivity index (χ3n) is 1.73. The highest BCUT2D eigenvalue weighted by atomic mass is 32.2. The van der Waals surface area contributed by atoms with Crippen LogP contribution in [-0.4, -0.2) is 28.2 Å². The molecule has 0 radical (unpaired) electrons. The van der Waals surface area contributed by atoms with Crippen molar-refractivity contribution >= 4 is 17.7 Å². The molecule has 0 aromatic carbocycles. The van der Waals surface area contributed by atoms with Crippen molar-refractivity contribution in [1.29, 1.82) is 0 Å². The second-order valence-corrected chi connectivity index (χ2v) is 3.97. The zero-order chi connectivity index (χ0) is 10.9. The van der Waals surface area contributed by atoms with Crippen molar-refractivity contribution in [2.75, 3.05) is 12.3 Å². The van der Waals surface area contributed by atoms with Gasteiger partial charge in [-0.05, 0) is 12.5 Å². The lowest BCUT2D eigenvalue weighted by molar-refractivity contribution is -0.118. The zero-order valence-corrected chi connectivity index (χ0v) is 9.59. The van der Waals surface area contributed by atoms with Gasteiger partial charge in [0.15, 0.2) is 5.16 Å². The number of rotatable bonds is 6. The largest absolute Gasteiger partial charge is 0.355 e. The molecule has 0 aliphatic heterocycles. The number of amides is 1. The fourth-order valence-electron chi connectivity index (χ4n) is 0.946. The van der Waals surface area contributed by atoms with Gasteiger partial charge in [0, 0.05) is 18.9 Å². The van der Waals surface area contributed by atoms with E-state index in [2.05, 4.69) is 22.2 Å². The summed E-state index contributed by atoms with van der Waals surface area (Å²) in [5.74, 6) is 0.425. The van der Waals surface area contributed by atoms with Crippen molar-refractivity contribution in [3.05, 3.63) is 18.5 Å². The first-order chi connectivity index (χ1) is 7.33. The molecule has 1 aromatic heterocycles. The molecule has 1 aromatic rings. The SMILES string of the molecule is CCCCNC(=O)CSc1ncccn1. The average molecular weight is 225 g/mol. The lowest BCUT2D eigenvalue weighted by atomic mass is 10.3. The fourth-order valence-corrected chi connectivity index (χ4v) is 1.58. The predicted molar refractivity (Wildman–Crippen MR) is 60.7 cm³/mol. The topological polar surface area (TPSA) is 54.9 Å². The summed E-state index contributed by atoms with van der Waals surface area (Å²) in [6, 6.07) is 1.76. The van der Waals surface area contributed by atoms with E-state index < -0.39 is 0 Å². The molecule has 0 aliphatic rings. The minimum absolute atomic E-state index is 0.0425. The Labute approximate surface area is 93.9 Å². The Bertz CT molecular complexity index is 292. The second-order valence-electron chi connectivity index (χ2n) is 3.02. The van der Waals surface area contributed by atoms with E-state index >= 15 is 0 Å². The lowest BCUT2D eigenvalue weighted by Crippen LogP contribution is -2.26. The van der Waals surface area contributed by atoms with E-state index in [9.17, 15) is 4.79 Å². The van der Waals surface area contributed by atoms with Crippen molar-refractivity contribution in [2.45, 2.75) is 24.9 Å². The van der Waals surface area contributed by atoms with Crippen LogP contribution in [0.15, 0.2) is 23.6 Å². The van der Waals surface area contributed by atoms with Crippen molar-refractivity contribution < 1.29 is 4.79 Å². The van der Waals surface area contributed by atoms with Crippen LogP contribution >= 0.6 is 11.8 Å². The highest BCUT2D eigenvalue weighted by Gasteiger charge is 2.02. The molecule has 0 bridgehead atoms. The molecule has 15 heavy (non-hydrogen) atoms. The molecule has 0 spiro atoms. The molecule has 1 amide bonds. The summed E-state index contributed by atoms with van der Waals surface area (Å²) in [4.78, 5) is 19.3. The van der Waals surface area contributed by atoms with Crippen LogP contribution < -0.4 is 5.32 Å². The first-order valence-electron chi connectivity index (χ1n) is 4.99. The maximum atomic E-state index is 11.3. The molecule has 4 nitrogen and oxygen atoms in total. The number of unbranched alkanes of at least 4 members (excludes halogenated alkanes) is 1. The fraction of sp³-hybridized carbons (Fsp3) is 0.500. The Morgan fingerprint density at radius 2 is 2.20 bits per heavy atom. The number of hydrogen-bond acceptors (Lipinski definition) is 4. The number of hydrogen-bond donors (Lipinski definition) is 1. The van der Waals surface area contributed by atoms with Gasteiger partial charge in [0.1, 0.15) is 0 Å². The Kier molecular flexibility index (Phi) is 5.77. The maximum Gasteiger partial charge on any atom is 0.230 e. The van der Waals surface area contributed by atoms with Gasteiger partial charge >= 0.3 is 0 Å². The van der Waals surface area contributed by atoms with E-state index in [1.807, 2.05) is 0 Å². The summed E-state index contributed by atoms with van der Waals surface area (Å²) in [6.45, 7) is 2.85. The predicted octanol–water partition coefficient (Wildman–Crippen LogP) is 1.49. The van der Waals surface area contributed by atoms with Gasteiger partial charge in [0.05, 0.1) is 5.75 Å². The number of thioether (sulfide) groups is 1. The van der Waals surface area contributed by atoms with Gasteiger partial charge in [-0.2, -0.15) is 0 Å². The van der Waals surface area contributed by atoms with Gasteiger partial charge < -0.3 is 5.32 Å². The Hall–Kier alpha value is -1.10. The molecule has 1 N–H and O–H groups in total. The summed E-state index contributed by atoms with van der Waals surface area (Å²) in [5, 5.41) is 3.48. The third kappa shape index (κ3) is 5.37. The van der Waals surface area contributed by atoms with E-state index in [0.717, 1.165) is 19.4 Å². The minimum atomic E-state index is 0.0425. The smallest absolute Gasteiger partial charge is 0.230 e. The van der Waals surface area contributed by atoms with E-state index in [4.69, 9.17) is 0 Å². The third-order valence-corrected chi connectivity index (χ3v) is 2.60. The molecule has 82 valence electrons. The summed E-state index contributed by atoms with van der Waals surface area (Å²) in [5.41, 5.74) is 0. The van der Waals surface area contributed by atoms with E-state index in [-0.39, 0.29) is 5.91 Å². The van der Waals surface area contributed by atoms with Crippen LogP contribution in [0.1, 0.15) is 19.8 Å². The monoisotopic (exact) mass is 225 g/mol. The van der Waals surface area contributed by atoms with E-state index in [1.165, 1.54) is 11.8 Å². The Morgan fingerprint density at radius 3 is 2.87 bits per heavy atom. The number of nitrogens with zero attached hydrogens (tertiary/aromatic N) is 2. The highest BCUT2D eigenvalue weighted by Crippen LogP contribution is 2.09. The number of aromatic nitrogens is 2. The molecule has 0 aliphatic carbocycles. The van der Waals surface area contributed by atoms with Gasteiger partial charge in [-0.15, -0.1) is 0 Å². The molecule has 0 unspecified atom stereocenters. The zero-order valence-electron chi connectivity index (χ0n) is 8.77. The first kappa shape index (κ1) is 12.0. The minimum Gasteiger partial charge on any atom is -0.355 e.